The van der Waals surface area contributed by atoms with Crippen LogP contribution < -0.4 is 10.9 Å². The Morgan fingerprint density at radius 2 is 1.61 bits per heavy atom. The number of hydrogen-bond acceptors (Lipinski definition) is 6. The number of aromatic nitrogens is 6. The summed E-state index contributed by atoms with van der Waals surface area (Å²) in [6.07, 6.45) is 7.50. The van der Waals surface area contributed by atoms with Gasteiger partial charge in [-0.2, -0.15) is 0 Å². The molecule has 6 aromatic rings. The molecule has 218 valence electrons. The molecule has 1 amide bonds. The van der Waals surface area contributed by atoms with E-state index < -0.39 is 11.6 Å². The van der Waals surface area contributed by atoms with Crippen LogP contribution in [0.3, 0.4) is 0 Å². The Labute approximate surface area is 262 Å². The summed E-state index contributed by atoms with van der Waals surface area (Å²) in [6.45, 7) is 0. The van der Waals surface area contributed by atoms with Gasteiger partial charge in [-0.1, -0.05) is 70.9 Å². The van der Waals surface area contributed by atoms with Gasteiger partial charge in [0.2, 0.25) is 5.91 Å². The molecule has 0 fully saturated rings. The molecular formula is C33H25Cl2N7O2. The number of rotatable bonds is 9. The highest BCUT2D eigenvalue weighted by Gasteiger charge is 2.24. The second-order valence-corrected chi connectivity index (χ2v) is 10.9. The predicted octanol–water partition coefficient (Wildman–Crippen LogP) is 6.21. The van der Waals surface area contributed by atoms with Crippen LogP contribution in [0.4, 0.5) is 5.69 Å². The molecule has 0 aliphatic heterocycles. The molecule has 1 N–H and O–H groups in total. The zero-order valence-corrected chi connectivity index (χ0v) is 24.7. The van der Waals surface area contributed by atoms with E-state index in [0.29, 0.717) is 27.7 Å². The first-order valence-electron chi connectivity index (χ1n) is 13.7. The third-order valence-corrected chi connectivity index (χ3v) is 7.48. The number of halogens is 2. The van der Waals surface area contributed by atoms with E-state index in [0.717, 1.165) is 23.1 Å². The van der Waals surface area contributed by atoms with E-state index in [1.165, 1.54) is 21.6 Å². The van der Waals surface area contributed by atoms with E-state index in [9.17, 15) is 9.59 Å². The maximum atomic E-state index is 13.7. The van der Waals surface area contributed by atoms with Crippen LogP contribution in [0.1, 0.15) is 22.7 Å². The van der Waals surface area contributed by atoms with Crippen LogP contribution in [-0.4, -0.2) is 35.4 Å². The quantitative estimate of drug-likeness (QED) is 0.206. The zero-order chi connectivity index (χ0) is 30.5. The molecule has 9 nitrogen and oxygen atoms in total. The molecule has 0 saturated carbocycles. The maximum Gasteiger partial charge on any atom is 0.254 e. The summed E-state index contributed by atoms with van der Waals surface area (Å²) in [5.41, 5.74) is 4.87. The van der Waals surface area contributed by atoms with Crippen molar-refractivity contribution in [1.29, 1.82) is 0 Å². The van der Waals surface area contributed by atoms with Crippen LogP contribution in [0.2, 0.25) is 10.2 Å². The Hall–Kier alpha value is -5.12. The highest BCUT2D eigenvalue weighted by atomic mass is 35.5. The van der Waals surface area contributed by atoms with Gasteiger partial charge in [-0.05, 0) is 65.6 Å². The molecule has 0 aliphatic carbocycles. The molecule has 0 radical (unpaired) electrons. The van der Waals surface area contributed by atoms with E-state index in [1.54, 1.807) is 36.8 Å². The first kappa shape index (κ1) is 29.0. The van der Waals surface area contributed by atoms with E-state index in [-0.39, 0.29) is 17.5 Å². The first-order chi connectivity index (χ1) is 21.4. The van der Waals surface area contributed by atoms with Crippen molar-refractivity contribution in [1.82, 2.24) is 29.5 Å². The number of amides is 1. The van der Waals surface area contributed by atoms with Gasteiger partial charge in [-0.25, -0.2) is 9.67 Å². The van der Waals surface area contributed by atoms with Crippen LogP contribution in [0.15, 0.2) is 121 Å². The van der Waals surface area contributed by atoms with Gasteiger partial charge in [0.05, 0.1) is 23.9 Å². The summed E-state index contributed by atoms with van der Waals surface area (Å²) in [4.78, 5) is 36.0. The van der Waals surface area contributed by atoms with Crippen LogP contribution >= 0.6 is 23.2 Å². The topological polar surface area (TPSA) is 108 Å². The monoisotopic (exact) mass is 621 g/mol. The molecule has 44 heavy (non-hydrogen) atoms. The molecule has 1 atom stereocenters. The molecule has 0 spiro atoms. The highest BCUT2D eigenvalue weighted by molar-refractivity contribution is 6.31. The number of benzene rings is 3. The van der Waals surface area contributed by atoms with Gasteiger partial charge in [0.1, 0.15) is 6.04 Å². The van der Waals surface area contributed by atoms with E-state index in [4.69, 9.17) is 23.2 Å². The average Bonchev–Trinajstić information content (AvgIpc) is 3.48. The van der Waals surface area contributed by atoms with E-state index >= 15 is 0 Å². The minimum atomic E-state index is -0.865. The van der Waals surface area contributed by atoms with Crippen molar-refractivity contribution in [3.05, 3.63) is 153 Å². The molecule has 3 aromatic heterocycles. The van der Waals surface area contributed by atoms with Gasteiger partial charge in [-0.15, -0.1) is 5.10 Å². The van der Waals surface area contributed by atoms with E-state index in [1.807, 2.05) is 66.7 Å². The molecule has 6 rings (SSSR count). The second kappa shape index (κ2) is 13.0. The number of nitrogens with zero attached hydrogens (tertiary/aromatic N) is 6. The van der Waals surface area contributed by atoms with Crippen LogP contribution in [-0.2, 0) is 17.6 Å². The minimum Gasteiger partial charge on any atom is -0.324 e. The summed E-state index contributed by atoms with van der Waals surface area (Å²) >= 11 is 12.3. The SMILES string of the molecule is O=C(Nc1ccc(Cc2ccncc2)cc1)[C@H](Cc1ccccc1)n1cnc(-c2cc(Cl)ccc2-n2cc(Cl)nn2)cc1=O. The normalized spacial score (nSPS) is 11.7. The Morgan fingerprint density at radius 3 is 2.32 bits per heavy atom. The lowest BCUT2D eigenvalue weighted by Gasteiger charge is -2.20. The van der Waals surface area contributed by atoms with Crippen molar-refractivity contribution in [3.8, 4) is 16.9 Å². The van der Waals surface area contributed by atoms with Crippen LogP contribution in [0.25, 0.3) is 16.9 Å². The maximum absolute atomic E-state index is 13.7. The number of carbonyl (C=O) groups is 1. The number of nitrogens with one attached hydrogen (secondary N) is 1. The Balaban J connectivity index is 1.29. The Morgan fingerprint density at radius 1 is 0.864 bits per heavy atom. The van der Waals surface area contributed by atoms with Gasteiger partial charge in [0, 0.05) is 41.2 Å². The fourth-order valence-electron chi connectivity index (χ4n) is 4.89. The Kier molecular flexibility index (Phi) is 8.58. The van der Waals surface area contributed by atoms with Crippen molar-refractivity contribution in [2.24, 2.45) is 0 Å². The van der Waals surface area contributed by atoms with Crippen LogP contribution in [0, 0.1) is 0 Å². The number of anilines is 1. The molecule has 11 heteroatoms. The molecule has 0 saturated heterocycles. The molecule has 0 bridgehead atoms. The molecular weight excluding hydrogens is 597 g/mol. The summed E-state index contributed by atoms with van der Waals surface area (Å²) in [7, 11) is 0. The average molecular weight is 623 g/mol. The van der Waals surface area contributed by atoms with E-state index in [2.05, 4.69) is 25.6 Å². The lowest BCUT2D eigenvalue weighted by atomic mass is 10.0. The van der Waals surface area contributed by atoms with Gasteiger partial charge in [0.15, 0.2) is 5.15 Å². The van der Waals surface area contributed by atoms with Crippen molar-refractivity contribution in [2.45, 2.75) is 18.9 Å². The first-order valence-corrected chi connectivity index (χ1v) is 14.5. The van der Waals surface area contributed by atoms with Crippen molar-refractivity contribution < 1.29 is 4.79 Å². The van der Waals surface area contributed by atoms with Gasteiger partial charge >= 0.3 is 0 Å². The summed E-state index contributed by atoms with van der Waals surface area (Å²) in [5.74, 6) is -0.340. The molecule has 3 heterocycles. The zero-order valence-electron chi connectivity index (χ0n) is 23.2. The standard InChI is InChI=1S/C33H25Cl2N7O2/c34-25-8-11-29(42-20-31(35)39-40-42)27(18-25)28-19-32(43)41(21-37-28)30(17-22-4-2-1-3-5-22)33(44)38-26-9-6-23(7-10-26)16-24-12-14-36-15-13-24/h1-15,18-21,30H,16-17H2,(H,38,44)/t30-/m0/s1. The smallest absolute Gasteiger partial charge is 0.254 e. The fourth-order valence-corrected chi connectivity index (χ4v) is 5.19. The molecule has 0 aliphatic rings. The van der Waals surface area contributed by atoms with Gasteiger partial charge in [0.25, 0.3) is 5.56 Å². The van der Waals surface area contributed by atoms with Gasteiger partial charge < -0.3 is 5.32 Å². The lowest BCUT2D eigenvalue weighted by Crippen LogP contribution is -2.34. The third-order valence-electron chi connectivity index (χ3n) is 7.07. The minimum absolute atomic E-state index is 0.215. The number of pyridine rings is 1. The third kappa shape index (κ3) is 6.75. The van der Waals surface area contributed by atoms with Crippen molar-refractivity contribution in [3.63, 3.8) is 0 Å². The molecule has 3 aromatic carbocycles. The number of hydrogen-bond donors (Lipinski definition) is 1. The van der Waals surface area contributed by atoms with Crippen molar-refractivity contribution >= 4 is 34.8 Å². The fraction of sp³-hybridized carbons (Fsp3) is 0.0909. The second-order valence-electron chi connectivity index (χ2n) is 10.1. The summed E-state index contributed by atoms with van der Waals surface area (Å²) in [5, 5.41) is 11.5. The largest absolute Gasteiger partial charge is 0.324 e. The summed E-state index contributed by atoms with van der Waals surface area (Å²) < 4.78 is 2.83. The van der Waals surface area contributed by atoms with Crippen molar-refractivity contribution in [2.75, 3.05) is 5.32 Å². The van der Waals surface area contributed by atoms with Crippen LogP contribution in [0.5, 0.6) is 0 Å². The predicted molar refractivity (Wildman–Crippen MR) is 170 cm³/mol. The molecule has 0 unspecified atom stereocenters. The highest BCUT2D eigenvalue weighted by Crippen LogP contribution is 2.28. The van der Waals surface area contributed by atoms with Gasteiger partial charge in [-0.3, -0.25) is 19.1 Å². The lowest BCUT2D eigenvalue weighted by molar-refractivity contribution is -0.119. The Bertz CT molecular complexity index is 1960. The summed E-state index contributed by atoms with van der Waals surface area (Å²) in [6, 6.07) is 26.8. The number of carbonyl (C=O) groups excluding carboxylic acids is 1.